The summed E-state index contributed by atoms with van der Waals surface area (Å²) < 4.78 is 1.74. The molecule has 92 valence electrons. The van der Waals surface area contributed by atoms with Gasteiger partial charge in [0.25, 0.3) is 0 Å². The topological polar surface area (TPSA) is 34.9 Å². The van der Waals surface area contributed by atoms with Crippen molar-refractivity contribution in [1.29, 1.82) is 0 Å². The van der Waals surface area contributed by atoms with Gasteiger partial charge < -0.3 is 0 Å². The SMILES string of the molecule is CCn1cc(C(=O)/C=C/c2ccccc2C)cn1. The van der Waals surface area contributed by atoms with Crippen LogP contribution in [0.4, 0.5) is 0 Å². The molecule has 2 aromatic rings. The zero-order chi connectivity index (χ0) is 13.0. The van der Waals surface area contributed by atoms with Crippen LogP contribution >= 0.6 is 0 Å². The van der Waals surface area contributed by atoms with Crippen LogP contribution < -0.4 is 0 Å². The Kier molecular flexibility index (Phi) is 3.72. The maximum Gasteiger partial charge on any atom is 0.189 e. The summed E-state index contributed by atoms with van der Waals surface area (Å²) in [7, 11) is 0. The highest BCUT2D eigenvalue weighted by molar-refractivity contribution is 6.06. The number of aromatic nitrogens is 2. The molecule has 18 heavy (non-hydrogen) atoms. The van der Waals surface area contributed by atoms with Crippen molar-refractivity contribution in [1.82, 2.24) is 9.78 Å². The molecule has 0 saturated carbocycles. The fourth-order valence-corrected chi connectivity index (χ4v) is 1.70. The number of carbonyl (C=O) groups excluding carboxylic acids is 1. The molecule has 0 unspecified atom stereocenters. The summed E-state index contributed by atoms with van der Waals surface area (Å²) >= 11 is 0. The molecule has 0 amide bonds. The van der Waals surface area contributed by atoms with Gasteiger partial charge in [-0.1, -0.05) is 30.3 Å². The predicted molar refractivity (Wildman–Crippen MR) is 72.4 cm³/mol. The second kappa shape index (κ2) is 5.45. The van der Waals surface area contributed by atoms with Crippen LogP contribution in [0.1, 0.15) is 28.4 Å². The fourth-order valence-electron chi connectivity index (χ4n) is 1.70. The first kappa shape index (κ1) is 12.3. The van der Waals surface area contributed by atoms with E-state index in [1.165, 1.54) is 0 Å². The van der Waals surface area contributed by atoms with Crippen LogP contribution in [0.2, 0.25) is 0 Å². The van der Waals surface area contributed by atoms with Crippen molar-refractivity contribution in [2.75, 3.05) is 0 Å². The maximum atomic E-state index is 11.9. The number of hydrogen-bond acceptors (Lipinski definition) is 2. The van der Waals surface area contributed by atoms with Crippen molar-refractivity contribution in [3.63, 3.8) is 0 Å². The number of benzene rings is 1. The van der Waals surface area contributed by atoms with E-state index in [4.69, 9.17) is 0 Å². The van der Waals surface area contributed by atoms with Crippen LogP contribution in [0.3, 0.4) is 0 Å². The molecular weight excluding hydrogens is 224 g/mol. The minimum atomic E-state index is -0.0158. The minimum Gasteiger partial charge on any atom is -0.289 e. The van der Waals surface area contributed by atoms with Crippen LogP contribution in [0, 0.1) is 6.92 Å². The number of carbonyl (C=O) groups is 1. The average Bonchev–Trinajstić information content (AvgIpc) is 2.86. The first-order valence-corrected chi connectivity index (χ1v) is 6.01. The number of nitrogens with zero attached hydrogens (tertiary/aromatic N) is 2. The van der Waals surface area contributed by atoms with E-state index in [1.54, 1.807) is 23.2 Å². The summed E-state index contributed by atoms with van der Waals surface area (Å²) in [5.41, 5.74) is 2.85. The quantitative estimate of drug-likeness (QED) is 0.608. The molecule has 2 rings (SSSR count). The summed E-state index contributed by atoms with van der Waals surface area (Å²) in [5.74, 6) is -0.0158. The maximum absolute atomic E-state index is 11.9. The second-order valence-corrected chi connectivity index (χ2v) is 4.14. The van der Waals surface area contributed by atoms with Crippen molar-refractivity contribution >= 4 is 11.9 Å². The Morgan fingerprint density at radius 1 is 1.39 bits per heavy atom. The van der Waals surface area contributed by atoms with E-state index >= 15 is 0 Å². The molecule has 1 aromatic heterocycles. The van der Waals surface area contributed by atoms with Crippen molar-refractivity contribution in [2.24, 2.45) is 0 Å². The van der Waals surface area contributed by atoms with E-state index in [0.29, 0.717) is 5.56 Å². The molecule has 0 atom stereocenters. The van der Waals surface area contributed by atoms with Crippen LogP contribution in [0.25, 0.3) is 6.08 Å². The molecule has 0 aliphatic heterocycles. The number of aryl methyl sites for hydroxylation is 2. The van der Waals surface area contributed by atoms with Gasteiger partial charge >= 0.3 is 0 Å². The van der Waals surface area contributed by atoms with Gasteiger partial charge in [-0.05, 0) is 31.1 Å². The third-order valence-electron chi connectivity index (χ3n) is 2.84. The highest BCUT2D eigenvalue weighted by Gasteiger charge is 2.04. The Morgan fingerprint density at radius 2 is 2.17 bits per heavy atom. The highest BCUT2D eigenvalue weighted by atomic mass is 16.1. The molecule has 0 aliphatic rings. The lowest BCUT2D eigenvalue weighted by molar-refractivity contribution is 0.104. The predicted octanol–water partition coefficient (Wildman–Crippen LogP) is 3.11. The van der Waals surface area contributed by atoms with E-state index < -0.39 is 0 Å². The lowest BCUT2D eigenvalue weighted by Crippen LogP contribution is -1.94. The minimum absolute atomic E-state index is 0.0158. The van der Waals surface area contributed by atoms with Gasteiger partial charge in [0.15, 0.2) is 5.78 Å². The summed E-state index contributed by atoms with van der Waals surface area (Å²) in [6, 6.07) is 7.97. The van der Waals surface area contributed by atoms with Crippen LogP contribution in [-0.2, 0) is 6.54 Å². The average molecular weight is 240 g/mol. The lowest BCUT2D eigenvalue weighted by atomic mass is 10.1. The smallest absolute Gasteiger partial charge is 0.189 e. The highest BCUT2D eigenvalue weighted by Crippen LogP contribution is 2.10. The zero-order valence-electron chi connectivity index (χ0n) is 10.6. The van der Waals surface area contributed by atoms with E-state index in [0.717, 1.165) is 17.7 Å². The summed E-state index contributed by atoms with van der Waals surface area (Å²) in [6.45, 7) is 4.79. The molecule has 3 heteroatoms. The fraction of sp³-hybridized carbons (Fsp3) is 0.200. The molecule has 1 aromatic carbocycles. The summed E-state index contributed by atoms with van der Waals surface area (Å²) in [6.07, 6.45) is 6.82. The summed E-state index contributed by atoms with van der Waals surface area (Å²) in [5, 5.41) is 4.09. The molecule has 0 spiro atoms. The van der Waals surface area contributed by atoms with Gasteiger partial charge in [0.1, 0.15) is 0 Å². The van der Waals surface area contributed by atoms with Gasteiger partial charge in [-0.3, -0.25) is 9.48 Å². The van der Waals surface area contributed by atoms with Crippen molar-refractivity contribution < 1.29 is 4.79 Å². The normalized spacial score (nSPS) is 11.0. The molecule has 3 nitrogen and oxygen atoms in total. The monoisotopic (exact) mass is 240 g/mol. The second-order valence-electron chi connectivity index (χ2n) is 4.14. The van der Waals surface area contributed by atoms with Gasteiger partial charge in [0, 0.05) is 12.7 Å². The van der Waals surface area contributed by atoms with E-state index in [2.05, 4.69) is 5.10 Å². The first-order chi connectivity index (χ1) is 8.70. The van der Waals surface area contributed by atoms with Crippen LogP contribution in [0.5, 0.6) is 0 Å². The molecule has 0 aliphatic carbocycles. The van der Waals surface area contributed by atoms with E-state index in [9.17, 15) is 4.79 Å². The van der Waals surface area contributed by atoms with Crippen molar-refractivity contribution in [2.45, 2.75) is 20.4 Å². The molecule has 0 saturated heterocycles. The van der Waals surface area contributed by atoms with Crippen LogP contribution in [0.15, 0.2) is 42.7 Å². The van der Waals surface area contributed by atoms with Gasteiger partial charge in [-0.25, -0.2) is 0 Å². The number of rotatable bonds is 4. The number of ketones is 1. The van der Waals surface area contributed by atoms with Gasteiger partial charge in [0.05, 0.1) is 11.8 Å². The number of allylic oxidation sites excluding steroid dienone is 1. The Bertz CT molecular complexity index is 582. The first-order valence-electron chi connectivity index (χ1n) is 6.01. The Balaban J connectivity index is 2.14. The Labute approximate surface area is 107 Å². The van der Waals surface area contributed by atoms with Gasteiger partial charge in [0.2, 0.25) is 0 Å². The molecular formula is C15H16N2O. The van der Waals surface area contributed by atoms with Gasteiger partial charge in [-0.15, -0.1) is 0 Å². The standard InChI is InChI=1S/C15H16N2O/c1-3-17-11-14(10-16-17)15(18)9-8-13-7-5-4-6-12(13)2/h4-11H,3H2,1-2H3/b9-8+. The third-order valence-corrected chi connectivity index (χ3v) is 2.84. The molecule has 0 N–H and O–H groups in total. The van der Waals surface area contributed by atoms with Crippen molar-refractivity contribution in [3.05, 3.63) is 59.4 Å². The van der Waals surface area contributed by atoms with E-state index in [1.807, 2.05) is 44.2 Å². The van der Waals surface area contributed by atoms with Crippen LogP contribution in [-0.4, -0.2) is 15.6 Å². The molecule has 0 bridgehead atoms. The zero-order valence-corrected chi connectivity index (χ0v) is 10.6. The molecule has 0 fully saturated rings. The van der Waals surface area contributed by atoms with Gasteiger partial charge in [-0.2, -0.15) is 5.10 Å². The third kappa shape index (κ3) is 2.74. The lowest BCUT2D eigenvalue weighted by Gasteiger charge is -1.97. The largest absolute Gasteiger partial charge is 0.289 e. The van der Waals surface area contributed by atoms with Crippen molar-refractivity contribution in [3.8, 4) is 0 Å². The molecule has 1 heterocycles. The number of hydrogen-bond donors (Lipinski definition) is 0. The van der Waals surface area contributed by atoms with E-state index in [-0.39, 0.29) is 5.78 Å². The Hall–Kier alpha value is -2.16. The molecule has 0 radical (unpaired) electrons. The summed E-state index contributed by atoms with van der Waals surface area (Å²) in [4.78, 5) is 11.9. The Morgan fingerprint density at radius 3 is 2.83 bits per heavy atom.